The second-order valence-electron chi connectivity index (χ2n) is 6.04. The van der Waals surface area contributed by atoms with Crippen molar-refractivity contribution in [1.29, 1.82) is 0 Å². The molecule has 23 heavy (non-hydrogen) atoms. The molecule has 2 N–H and O–H groups in total. The minimum Gasteiger partial charge on any atom is -0.326 e. The van der Waals surface area contributed by atoms with Crippen molar-refractivity contribution in [3.8, 4) is 0 Å². The molecule has 0 unspecified atom stereocenters. The molecule has 0 atom stereocenters. The van der Waals surface area contributed by atoms with E-state index in [9.17, 15) is 13.2 Å². The summed E-state index contributed by atoms with van der Waals surface area (Å²) in [6.45, 7) is 0.662. The lowest BCUT2D eigenvalue weighted by molar-refractivity contribution is -0.119. The number of amidine groups is 1. The first-order valence-electron chi connectivity index (χ1n) is 8.02. The number of carbonyl (C=O) groups is 1. The van der Waals surface area contributed by atoms with Gasteiger partial charge < -0.3 is 5.32 Å². The maximum Gasteiger partial charge on any atom is 0.262 e. The van der Waals surface area contributed by atoms with E-state index in [1.165, 1.54) is 12.1 Å². The fourth-order valence-electron chi connectivity index (χ4n) is 3.01. The molecule has 0 spiro atoms. The van der Waals surface area contributed by atoms with Gasteiger partial charge in [0, 0.05) is 24.6 Å². The van der Waals surface area contributed by atoms with Crippen molar-refractivity contribution in [1.82, 2.24) is 4.72 Å². The molecule has 0 saturated heterocycles. The second kappa shape index (κ2) is 6.70. The van der Waals surface area contributed by atoms with E-state index in [4.69, 9.17) is 0 Å². The number of rotatable bonds is 4. The number of sulfonamides is 1. The van der Waals surface area contributed by atoms with E-state index in [-0.39, 0.29) is 16.7 Å². The molecule has 1 aromatic rings. The Balaban J connectivity index is 1.72. The molecule has 0 radical (unpaired) electrons. The van der Waals surface area contributed by atoms with Gasteiger partial charge in [-0.3, -0.25) is 14.5 Å². The highest BCUT2D eigenvalue weighted by Gasteiger charge is 2.23. The van der Waals surface area contributed by atoms with Gasteiger partial charge in [0.15, 0.2) is 0 Å². The van der Waals surface area contributed by atoms with Crippen molar-refractivity contribution >= 4 is 27.5 Å². The highest BCUT2D eigenvalue weighted by molar-refractivity contribution is 7.90. The van der Waals surface area contributed by atoms with Crippen molar-refractivity contribution in [2.24, 2.45) is 10.9 Å². The quantitative estimate of drug-likeness (QED) is 0.885. The third-order valence-electron chi connectivity index (χ3n) is 4.26. The van der Waals surface area contributed by atoms with Crippen LogP contribution in [0.2, 0.25) is 0 Å². The van der Waals surface area contributed by atoms with Gasteiger partial charge in [0.2, 0.25) is 5.91 Å². The molecule has 1 saturated carbocycles. The molecular weight excluding hydrogens is 314 g/mol. The lowest BCUT2D eigenvalue weighted by Crippen LogP contribution is -2.29. The van der Waals surface area contributed by atoms with Crippen molar-refractivity contribution in [2.75, 3.05) is 11.9 Å². The number of carbonyl (C=O) groups excluding carboxylic acids is 1. The number of nitrogens with one attached hydrogen (secondary N) is 2. The van der Waals surface area contributed by atoms with Crippen LogP contribution in [0.3, 0.4) is 0 Å². The van der Waals surface area contributed by atoms with Gasteiger partial charge in [-0.15, -0.1) is 0 Å². The number of amides is 1. The molecule has 1 heterocycles. The van der Waals surface area contributed by atoms with Crippen LogP contribution in [-0.2, 0) is 14.8 Å². The number of aliphatic imine (C=N–C) groups is 1. The predicted molar refractivity (Wildman–Crippen MR) is 88.9 cm³/mol. The highest BCUT2D eigenvalue weighted by atomic mass is 32.2. The summed E-state index contributed by atoms with van der Waals surface area (Å²) in [7, 11) is -3.65. The van der Waals surface area contributed by atoms with Gasteiger partial charge in [0.1, 0.15) is 5.84 Å². The number of hydrogen-bond donors (Lipinski definition) is 2. The zero-order valence-corrected chi connectivity index (χ0v) is 13.7. The zero-order valence-electron chi connectivity index (χ0n) is 12.9. The average Bonchev–Trinajstić information content (AvgIpc) is 3.20. The molecule has 1 amide bonds. The number of hydrogen-bond acceptors (Lipinski definition) is 4. The molecule has 0 aromatic heterocycles. The minimum atomic E-state index is -3.65. The second-order valence-corrected chi connectivity index (χ2v) is 7.72. The summed E-state index contributed by atoms with van der Waals surface area (Å²) in [6, 6.07) is 6.35. The van der Waals surface area contributed by atoms with Crippen molar-refractivity contribution in [2.45, 2.75) is 43.4 Å². The molecule has 6 nitrogen and oxygen atoms in total. The predicted octanol–water partition coefficient (Wildman–Crippen LogP) is 2.29. The summed E-state index contributed by atoms with van der Waals surface area (Å²) in [5.74, 6) is 0.525. The molecule has 7 heteroatoms. The first kappa shape index (κ1) is 16.0. The van der Waals surface area contributed by atoms with Crippen LogP contribution in [-0.4, -0.2) is 26.7 Å². The lowest BCUT2D eigenvalue weighted by Gasteiger charge is -2.12. The Morgan fingerprint density at radius 3 is 2.65 bits per heavy atom. The number of nitrogens with zero attached hydrogens (tertiary/aromatic N) is 1. The van der Waals surface area contributed by atoms with Gasteiger partial charge >= 0.3 is 0 Å². The van der Waals surface area contributed by atoms with E-state index in [1.807, 2.05) is 0 Å². The summed E-state index contributed by atoms with van der Waals surface area (Å²) in [4.78, 5) is 16.4. The average molecular weight is 335 g/mol. The molecule has 1 fully saturated rings. The van der Waals surface area contributed by atoms with Crippen LogP contribution >= 0.6 is 0 Å². The zero-order chi connectivity index (χ0) is 16.3. The Morgan fingerprint density at radius 2 is 1.96 bits per heavy atom. The summed E-state index contributed by atoms with van der Waals surface area (Å²) in [6.07, 6.45) is 5.50. The Kier molecular flexibility index (Phi) is 4.66. The number of benzene rings is 1. The SMILES string of the molecule is O=C(Nc1cccc(S(=O)(=O)NC2=NCCC2)c1)C1CCCC1. The maximum atomic E-state index is 12.4. The van der Waals surface area contributed by atoms with Crippen LogP contribution in [0.1, 0.15) is 38.5 Å². The lowest BCUT2D eigenvalue weighted by atomic mass is 10.1. The van der Waals surface area contributed by atoms with Crippen LogP contribution in [0.25, 0.3) is 0 Å². The summed E-state index contributed by atoms with van der Waals surface area (Å²) >= 11 is 0. The fourth-order valence-corrected chi connectivity index (χ4v) is 4.14. The summed E-state index contributed by atoms with van der Waals surface area (Å²) < 4.78 is 27.3. The number of anilines is 1. The van der Waals surface area contributed by atoms with Crippen LogP contribution < -0.4 is 10.0 Å². The molecule has 1 aromatic carbocycles. The van der Waals surface area contributed by atoms with E-state index < -0.39 is 10.0 Å². The largest absolute Gasteiger partial charge is 0.326 e. The monoisotopic (exact) mass is 335 g/mol. The van der Waals surface area contributed by atoms with Crippen molar-refractivity contribution in [3.05, 3.63) is 24.3 Å². The Morgan fingerprint density at radius 1 is 1.17 bits per heavy atom. The van der Waals surface area contributed by atoms with E-state index in [0.29, 0.717) is 24.5 Å². The smallest absolute Gasteiger partial charge is 0.262 e. The molecule has 124 valence electrons. The van der Waals surface area contributed by atoms with Crippen molar-refractivity contribution in [3.63, 3.8) is 0 Å². The molecular formula is C16H21N3O3S. The third kappa shape index (κ3) is 3.90. The van der Waals surface area contributed by atoms with Crippen molar-refractivity contribution < 1.29 is 13.2 Å². The first-order chi connectivity index (χ1) is 11.0. The van der Waals surface area contributed by atoms with Gasteiger partial charge in [0.05, 0.1) is 4.90 Å². The molecule has 3 rings (SSSR count). The van der Waals surface area contributed by atoms with Crippen LogP contribution in [0.4, 0.5) is 5.69 Å². The molecule has 2 aliphatic rings. The van der Waals surface area contributed by atoms with Crippen LogP contribution in [0.5, 0.6) is 0 Å². The normalized spacial score (nSPS) is 18.7. The maximum absolute atomic E-state index is 12.4. The standard InChI is InChI=1S/C16H21N3O3S/c20-16(12-5-1-2-6-12)18-13-7-3-8-14(11-13)23(21,22)19-15-9-4-10-17-15/h3,7-8,11-12H,1-2,4-6,9-10H2,(H,17,19)(H,18,20). The van der Waals surface area contributed by atoms with Gasteiger partial charge in [-0.05, 0) is 37.5 Å². The van der Waals surface area contributed by atoms with Crippen LogP contribution in [0, 0.1) is 5.92 Å². The van der Waals surface area contributed by atoms with Gasteiger partial charge in [-0.1, -0.05) is 18.9 Å². The third-order valence-corrected chi connectivity index (χ3v) is 5.64. The minimum absolute atomic E-state index is 0.0230. The van der Waals surface area contributed by atoms with E-state index in [2.05, 4.69) is 15.0 Å². The summed E-state index contributed by atoms with van der Waals surface area (Å²) in [5, 5.41) is 2.83. The van der Waals surface area contributed by atoms with E-state index in [0.717, 1.165) is 32.1 Å². The Bertz CT molecular complexity index is 722. The topological polar surface area (TPSA) is 87.6 Å². The molecule has 1 aliphatic carbocycles. The van der Waals surface area contributed by atoms with Gasteiger partial charge in [0.25, 0.3) is 10.0 Å². The Hall–Kier alpha value is -1.89. The van der Waals surface area contributed by atoms with E-state index >= 15 is 0 Å². The molecule has 0 bridgehead atoms. The van der Waals surface area contributed by atoms with E-state index in [1.54, 1.807) is 12.1 Å². The Labute approximate surface area is 136 Å². The first-order valence-corrected chi connectivity index (χ1v) is 9.50. The summed E-state index contributed by atoms with van der Waals surface area (Å²) in [5.41, 5.74) is 0.512. The van der Waals surface area contributed by atoms with Crippen LogP contribution in [0.15, 0.2) is 34.2 Å². The fraction of sp³-hybridized carbons (Fsp3) is 0.500. The van der Waals surface area contributed by atoms with Gasteiger partial charge in [-0.25, -0.2) is 8.42 Å². The van der Waals surface area contributed by atoms with Gasteiger partial charge in [-0.2, -0.15) is 0 Å². The molecule has 1 aliphatic heterocycles. The highest BCUT2D eigenvalue weighted by Crippen LogP contribution is 2.26.